The zero-order chi connectivity index (χ0) is 39.9. The summed E-state index contributed by atoms with van der Waals surface area (Å²) in [4.78, 5) is 0. The first-order valence-corrected chi connectivity index (χ1v) is 23.7. The Morgan fingerprint density at radius 1 is 0.466 bits per heavy atom. The molecule has 0 saturated carbocycles. The van der Waals surface area contributed by atoms with E-state index in [9.17, 15) is 9.13 Å². The molecule has 7 nitrogen and oxygen atoms in total. The van der Waals surface area contributed by atoms with Crippen LogP contribution in [0.15, 0.2) is 175 Å². The van der Waals surface area contributed by atoms with Gasteiger partial charge in [-0.1, -0.05) is 115 Å². The average Bonchev–Trinajstić information content (AvgIpc) is 3.28. The zero-order valence-corrected chi connectivity index (χ0v) is 34.3. The van der Waals surface area contributed by atoms with Crippen LogP contribution < -0.4 is 45.0 Å². The summed E-state index contributed by atoms with van der Waals surface area (Å²) >= 11 is 0. The lowest BCUT2D eigenvalue weighted by atomic mass is 10.0. The van der Waals surface area contributed by atoms with Gasteiger partial charge in [0.1, 0.15) is 23.0 Å². The van der Waals surface area contributed by atoms with Gasteiger partial charge in [-0.2, -0.15) is 0 Å². The molecular formula is C48H37O7P3. The smallest absolute Gasteiger partial charge is 0.300 e. The quantitative estimate of drug-likeness (QED) is 0.134. The highest BCUT2D eigenvalue weighted by atomic mass is 31.2. The predicted octanol–water partition coefficient (Wildman–Crippen LogP) is 10.6. The monoisotopic (exact) mass is 818 g/mol. The Bertz CT molecular complexity index is 2730. The molecule has 0 bridgehead atoms. The predicted molar refractivity (Wildman–Crippen MR) is 236 cm³/mol. The Morgan fingerprint density at radius 3 is 1.29 bits per heavy atom. The second kappa shape index (κ2) is 15.0. The summed E-state index contributed by atoms with van der Waals surface area (Å²) in [5.41, 5.74) is 4.89. The molecule has 2 aliphatic rings. The van der Waals surface area contributed by atoms with Crippen molar-refractivity contribution in [2.45, 2.75) is 0 Å². The van der Waals surface area contributed by atoms with Gasteiger partial charge in [0.25, 0.3) is 14.7 Å². The first-order chi connectivity index (χ1) is 28.2. The Balaban J connectivity index is 0.999. The summed E-state index contributed by atoms with van der Waals surface area (Å²) in [5.74, 6) is 5.71. The third-order valence-corrected chi connectivity index (χ3v) is 17.7. The zero-order valence-electron chi connectivity index (χ0n) is 31.6. The highest BCUT2D eigenvalue weighted by Gasteiger charge is 2.36. The fourth-order valence-corrected chi connectivity index (χ4v) is 14.0. The van der Waals surface area contributed by atoms with E-state index in [-0.39, 0.29) is 0 Å². The van der Waals surface area contributed by atoms with Crippen LogP contribution in [0.2, 0.25) is 0 Å². The summed E-state index contributed by atoms with van der Waals surface area (Å²) in [6, 6.07) is 50.5. The van der Waals surface area contributed by atoms with Gasteiger partial charge in [-0.3, -0.25) is 9.13 Å². The van der Waals surface area contributed by atoms with Gasteiger partial charge >= 0.3 is 0 Å². The molecule has 2 unspecified atom stereocenters. The van der Waals surface area contributed by atoms with Gasteiger partial charge in [-0.05, 0) is 82.9 Å². The minimum atomic E-state index is -3.43. The summed E-state index contributed by atoms with van der Waals surface area (Å²) in [7, 11) is -6.98. The first-order valence-electron chi connectivity index (χ1n) is 18.6. The van der Waals surface area contributed by atoms with Gasteiger partial charge in [0.2, 0.25) is 0 Å². The molecule has 2 aliphatic heterocycles. The van der Waals surface area contributed by atoms with E-state index in [1.807, 2.05) is 140 Å². The maximum atomic E-state index is 15.4. The fourth-order valence-electron chi connectivity index (χ4n) is 7.45. The summed E-state index contributed by atoms with van der Waals surface area (Å²) in [6.45, 7) is 0. The van der Waals surface area contributed by atoms with E-state index in [0.29, 0.717) is 49.5 Å². The lowest BCUT2D eigenvalue weighted by Crippen LogP contribution is -2.25. The van der Waals surface area contributed by atoms with Crippen LogP contribution in [0.25, 0.3) is 34.4 Å². The fraction of sp³-hybridized carbons (Fsp3) is 0.0417. The van der Waals surface area contributed by atoms with Gasteiger partial charge in [0.05, 0.1) is 24.8 Å². The summed E-state index contributed by atoms with van der Waals surface area (Å²) in [5, 5.41) is 3.23. The largest absolute Gasteiger partial charge is 0.497 e. The van der Waals surface area contributed by atoms with Gasteiger partial charge < -0.3 is 23.1 Å². The number of benzene rings is 7. The molecule has 0 N–H and O–H groups in total. The second-order valence-corrected chi connectivity index (χ2v) is 21.0. The topological polar surface area (TPSA) is 88.1 Å². The van der Waals surface area contributed by atoms with Crippen LogP contribution in [-0.4, -0.2) is 14.2 Å². The average molecular weight is 819 g/mol. The van der Waals surface area contributed by atoms with E-state index in [2.05, 4.69) is 0 Å². The second-order valence-electron chi connectivity index (χ2n) is 13.9. The van der Waals surface area contributed by atoms with Crippen LogP contribution in [0.4, 0.5) is 0 Å². The number of ether oxygens (including phenoxy) is 2. The Morgan fingerprint density at radius 2 is 0.862 bits per heavy atom. The molecule has 7 aromatic carbocycles. The number of fused-ring (bicyclic) bond motifs is 6. The van der Waals surface area contributed by atoms with Crippen LogP contribution in [0, 0.1) is 0 Å². The standard InChI is InChI=1S/C48H37O7P3/c1-52-36-20-26-45-43(32-36)41-12-6-8-14-47(41)56(49,54-45)30-28-34-16-22-39(23-17-34)58(51,38-10-4-3-5-11-38)40-24-18-35(19-25-40)29-31-57(50)48-15-9-7-13-42(48)44-33-37(53-2)21-27-46(44)55-57/h3-33H,1-2H3. The number of hydrogen-bond acceptors (Lipinski definition) is 7. The van der Waals surface area contributed by atoms with Gasteiger partial charge in [-0.25, -0.2) is 0 Å². The van der Waals surface area contributed by atoms with Gasteiger partial charge in [0, 0.05) is 38.7 Å². The minimum Gasteiger partial charge on any atom is -0.497 e. The van der Waals surface area contributed by atoms with Crippen molar-refractivity contribution in [2.24, 2.45) is 0 Å². The lowest BCUT2D eigenvalue weighted by molar-refractivity contribution is 0.414. The molecule has 10 heteroatoms. The van der Waals surface area contributed by atoms with E-state index < -0.39 is 21.9 Å². The molecule has 0 amide bonds. The SMILES string of the molecule is COc1ccc2c(c1)-c1ccccc1P(=O)(C=Cc1ccc(P(=O)(c3ccccc3)c3ccc(C=CP4(=O)Oc5ccc(OC)cc5-c5ccccc54)cc3)cc1)O2. The Hall–Kier alpha value is -6.09. The van der Waals surface area contributed by atoms with E-state index in [1.54, 1.807) is 62.3 Å². The highest BCUT2D eigenvalue weighted by molar-refractivity contribution is 7.85. The van der Waals surface area contributed by atoms with Crippen molar-refractivity contribution in [1.29, 1.82) is 0 Å². The lowest BCUT2D eigenvalue weighted by Gasteiger charge is -2.27. The molecule has 0 radical (unpaired) electrons. The molecular weight excluding hydrogens is 781 g/mol. The molecule has 2 heterocycles. The minimum absolute atomic E-state index is 0.530. The van der Waals surface area contributed by atoms with Crippen LogP contribution in [0.5, 0.6) is 23.0 Å². The first kappa shape index (κ1) is 37.5. The normalized spacial score (nSPS) is 18.8. The van der Waals surface area contributed by atoms with Crippen molar-refractivity contribution in [3.63, 3.8) is 0 Å². The van der Waals surface area contributed by atoms with E-state index >= 15 is 4.57 Å². The maximum absolute atomic E-state index is 15.4. The van der Waals surface area contributed by atoms with Crippen molar-refractivity contribution < 1.29 is 32.2 Å². The molecule has 9 rings (SSSR count). The third-order valence-electron chi connectivity index (χ3n) is 10.5. The molecule has 2 atom stereocenters. The molecule has 58 heavy (non-hydrogen) atoms. The summed E-state index contributed by atoms with van der Waals surface area (Å²) in [6.07, 6.45) is 3.58. The van der Waals surface area contributed by atoms with E-state index in [1.165, 1.54) is 0 Å². The Labute approximate surface area is 337 Å². The van der Waals surface area contributed by atoms with E-state index in [0.717, 1.165) is 33.4 Å². The van der Waals surface area contributed by atoms with E-state index in [4.69, 9.17) is 18.5 Å². The maximum Gasteiger partial charge on any atom is 0.300 e. The molecule has 0 fully saturated rings. The molecule has 0 aliphatic carbocycles. The van der Waals surface area contributed by atoms with Crippen LogP contribution in [0.3, 0.4) is 0 Å². The van der Waals surface area contributed by atoms with Gasteiger partial charge in [-0.15, -0.1) is 0 Å². The van der Waals surface area contributed by atoms with Crippen LogP contribution >= 0.6 is 21.9 Å². The number of hydrogen-bond donors (Lipinski definition) is 0. The molecule has 7 aromatic rings. The third kappa shape index (κ3) is 6.66. The van der Waals surface area contributed by atoms with Crippen molar-refractivity contribution in [3.8, 4) is 45.3 Å². The van der Waals surface area contributed by atoms with Crippen molar-refractivity contribution >= 4 is 60.6 Å². The van der Waals surface area contributed by atoms with Crippen LogP contribution in [-0.2, 0) is 13.7 Å². The van der Waals surface area contributed by atoms with Crippen molar-refractivity contribution in [3.05, 3.63) is 187 Å². The Kier molecular flexibility index (Phi) is 9.70. The molecule has 0 spiro atoms. The molecule has 0 saturated heterocycles. The van der Waals surface area contributed by atoms with Crippen LogP contribution in [0.1, 0.15) is 11.1 Å². The van der Waals surface area contributed by atoms with Gasteiger partial charge in [0.15, 0.2) is 7.14 Å². The summed E-state index contributed by atoms with van der Waals surface area (Å²) < 4.78 is 67.5. The molecule has 286 valence electrons. The number of methoxy groups -OCH3 is 2. The molecule has 0 aromatic heterocycles. The highest BCUT2D eigenvalue weighted by Crippen LogP contribution is 2.58. The van der Waals surface area contributed by atoms with Crippen molar-refractivity contribution in [2.75, 3.05) is 14.2 Å². The number of rotatable bonds is 9. The van der Waals surface area contributed by atoms with Crippen molar-refractivity contribution in [1.82, 2.24) is 0 Å².